The van der Waals surface area contributed by atoms with Crippen molar-refractivity contribution < 1.29 is 20.1 Å². The lowest BCUT2D eigenvalue weighted by Gasteiger charge is -2.25. The summed E-state index contributed by atoms with van der Waals surface area (Å²) in [6.07, 6.45) is 1.49. The van der Waals surface area contributed by atoms with Gasteiger partial charge < -0.3 is 10.5 Å². The van der Waals surface area contributed by atoms with Crippen molar-refractivity contribution in [3.8, 4) is 0 Å². The first-order valence-electron chi connectivity index (χ1n) is 7.22. The van der Waals surface area contributed by atoms with Crippen LogP contribution in [0.15, 0.2) is 24.3 Å². The van der Waals surface area contributed by atoms with E-state index in [1.165, 1.54) is 4.90 Å². The van der Waals surface area contributed by atoms with E-state index in [4.69, 9.17) is 4.74 Å². The molecule has 0 aliphatic carbocycles. The van der Waals surface area contributed by atoms with Crippen LogP contribution in [0.2, 0.25) is 0 Å². The maximum atomic E-state index is 12.5. The number of hydrogen-bond acceptors (Lipinski definition) is 3. The lowest BCUT2D eigenvalue weighted by molar-refractivity contribution is -0.404. The number of amides is 1. The van der Waals surface area contributed by atoms with Gasteiger partial charge in [0.15, 0.2) is 6.04 Å². The van der Waals surface area contributed by atoms with Gasteiger partial charge in [0, 0.05) is 12.1 Å². The predicted molar refractivity (Wildman–Crippen MR) is 79.6 cm³/mol. The third kappa shape index (κ3) is 3.82. The Morgan fingerprint density at radius 1 is 1.38 bits per heavy atom. The van der Waals surface area contributed by atoms with Gasteiger partial charge in [-0.25, -0.2) is 0 Å². The van der Waals surface area contributed by atoms with Gasteiger partial charge in [0.25, 0.3) is 5.91 Å². The standard InChI is InChI=1S/C16H22N2O3/c1-16(2,3)21-14(19)10-18-13-7-5-4-6-11(13)8-9-12(17)15(18)20/h4-7,12H,8-10,17H2,1-3H3/p+1/t12-/m1/s1. The van der Waals surface area contributed by atoms with Crippen LogP contribution < -0.4 is 10.6 Å². The van der Waals surface area contributed by atoms with Gasteiger partial charge in [0.05, 0.1) is 0 Å². The second kappa shape index (κ2) is 5.85. The summed E-state index contributed by atoms with van der Waals surface area (Å²) >= 11 is 0. The summed E-state index contributed by atoms with van der Waals surface area (Å²) in [5.41, 5.74) is 5.21. The summed E-state index contributed by atoms with van der Waals surface area (Å²) in [6, 6.07) is 7.34. The molecule has 1 aliphatic heterocycles. The number of aryl methyl sites for hydroxylation is 1. The summed E-state index contributed by atoms with van der Waals surface area (Å²) in [5, 5.41) is 0. The van der Waals surface area contributed by atoms with Crippen molar-refractivity contribution in [3.63, 3.8) is 0 Å². The topological polar surface area (TPSA) is 74.2 Å². The van der Waals surface area contributed by atoms with Crippen molar-refractivity contribution in [2.24, 2.45) is 0 Å². The first-order valence-corrected chi connectivity index (χ1v) is 7.22. The van der Waals surface area contributed by atoms with E-state index >= 15 is 0 Å². The minimum atomic E-state index is -0.560. The zero-order valence-electron chi connectivity index (χ0n) is 12.9. The molecular formula is C16H23N2O3+. The summed E-state index contributed by atoms with van der Waals surface area (Å²) < 4.78 is 5.33. The van der Waals surface area contributed by atoms with E-state index < -0.39 is 11.6 Å². The van der Waals surface area contributed by atoms with E-state index in [1.54, 1.807) is 0 Å². The Labute approximate surface area is 125 Å². The number of rotatable bonds is 2. The molecule has 1 atom stereocenters. The summed E-state index contributed by atoms with van der Waals surface area (Å²) in [4.78, 5) is 26.0. The normalized spacial score (nSPS) is 19.0. The highest BCUT2D eigenvalue weighted by Gasteiger charge is 2.32. The Morgan fingerprint density at radius 2 is 2.05 bits per heavy atom. The average molecular weight is 291 g/mol. The van der Waals surface area contributed by atoms with Gasteiger partial charge in [-0.3, -0.25) is 14.5 Å². The van der Waals surface area contributed by atoms with Gasteiger partial charge in [0.1, 0.15) is 12.1 Å². The molecule has 0 fully saturated rings. The number of benzene rings is 1. The van der Waals surface area contributed by atoms with Crippen molar-refractivity contribution >= 4 is 17.6 Å². The number of nitrogens with zero attached hydrogens (tertiary/aromatic N) is 1. The number of fused-ring (bicyclic) bond motifs is 1. The molecule has 1 aromatic carbocycles. The molecule has 0 saturated carbocycles. The third-order valence-electron chi connectivity index (χ3n) is 3.37. The molecule has 5 heteroatoms. The zero-order chi connectivity index (χ0) is 15.6. The maximum absolute atomic E-state index is 12.5. The number of ether oxygens (including phenoxy) is 1. The molecule has 0 radical (unpaired) electrons. The Kier molecular flexibility index (Phi) is 4.32. The van der Waals surface area contributed by atoms with E-state index in [0.717, 1.165) is 17.7 Å². The van der Waals surface area contributed by atoms with Crippen LogP contribution in [0.5, 0.6) is 0 Å². The van der Waals surface area contributed by atoms with E-state index in [9.17, 15) is 9.59 Å². The molecule has 2 rings (SSSR count). The molecule has 3 N–H and O–H groups in total. The number of anilines is 1. The first kappa shape index (κ1) is 15.5. The molecule has 21 heavy (non-hydrogen) atoms. The van der Waals surface area contributed by atoms with Crippen LogP contribution in [0.4, 0.5) is 5.69 Å². The molecule has 0 bridgehead atoms. The van der Waals surface area contributed by atoms with Crippen molar-refractivity contribution in [3.05, 3.63) is 29.8 Å². The molecular weight excluding hydrogens is 268 g/mol. The molecule has 1 aromatic rings. The monoisotopic (exact) mass is 291 g/mol. The summed E-state index contributed by atoms with van der Waals surface area (Å²) in [7, 11) is 0. The maximum Gasteiger partial charge on any atom is 0.326 e. The van der Waals surface area contributed by atoms with Gasteiger partial charge in [-0.2, -0.15) is 0 Å². The SMILES string of the molecule is CC(C)(C)OC(=O)CN1C(=O)[C@H]([NH3+])CCc2ccccc21. The van der Waals surface area contributed by atoms with Gasteiger partial charge >= 0.3 is 5.97 Å². The Bertz CT molecular complexity index is 549. The number of quaternary nitrogens is 1. The number of esters is 1. The molecule has 1 aliphatic rings. The Hall–Kier alpha value is -1.88. The molecule has 0 spiro atoms. The minimum Gasteiger partial charge on any atom is -0.459 e. The number of carbonyl (C=O) groups excluding carboxylic acids is 2. The van der Waals surface area contributed by atoms with Gasteiger partial charge in [-0.1, -0.05) is 18.2 Å². The third-order valence-corrected chi connectivity index (χ3v) is 3.37. The van der Waals surface area contributed by atoms with Crippen LogP contribution in [-0.2, 0) is 20.7 Å². The van der Waals surface area contributed by atoms with Crippen molar-refractivity contribution in [2.45, 2.75) is 45.3 Å². The predicted octanol–water partition coefficient (Wildman–Crippen LogP) is 0.918. The van der Waals surface area contributed by atoms with Gasteiger partial charge in [-0.15, -0.1) is 0 Å². The average Bonchev–Trinajstić information content (AvgIpc) is 2.49. The summed E-state index contributed by atoms with van der Waals surface area (Å²) in [6.45, 7) is 5.37. The molecule has 1 amide bonds. The van der Waals surface area contributed by atoms with Crippen molar-refractivity contribution in [1.29, 1.82) is 0 Å². The van der Waals surface area contributed by atoms with E-state index in [2.05, 4.69) is 5.73 Å². The highest BCUT2D eigenvalue weighted by molar-refractivity contribution is 6.01. The lowest BCUT2D eigenvalue weighted by Crippen LogP contribution is -2.68. The molecule has 0 aromatic heterocycles. The van der Waals surface area contributed by atoms with E-state index in [1.807, 2.05) is 45.0 Å². The fourth-order valence-corrected chi connectivity index (χ4v) is 2.44. The van der Waals surface area contributed by atoms with Crippen LogP contribution >= 0.6 is 0 Å². The van der Waals surface area contributed by atoms with Gasteiger partial charge in [-0.05, 0) is 38.8 Å². The van der Waals surface area contributed by atoms with Crippen molar-refractivity contribution in [2.75, 3.05) is 11.4 Å². The number of carbonyl (C=O) groups is 2. The molecule has 5 nitrogen and oxygen atoms in total. The smallest absolute Gasteiger partial charge is 0.326 e. The number of para-hydroxylation sites is 1. The van der Waals surface area contributed by atoms with Crippen LogP contribution in [-0.4, -0.2) is 30.1 Å². The highest BCUT2D eigenvalue weighted by atomic mass is 16.6. The van der Waals surface area contributed by atoms with E-state index in [-0.39, 0.29) is 18.5 Å². The minimum absolute atomic E-state index is 0.0703. The number of hydrogen-bond donors (Lipinski definition) is 1. The van der Waals surface area contributed by atoms with Crippen LogP contribution in [0, 0.1) is 0 Å². The molecule has 1 heterocycles. The van der Waals surface area contributed by atoms with Crippen molar-refractivity contribution in [1.82, 2.24) is 0 Å². The second-order valence-electron chi connectivity index (χ2n) is 6.38. The largest absolute Gasteiger partial charge is 0.459 e. The quantitative estimate of drug-likeness (QED) is 0.823. The fourth-order valence-electron chi connectivity index (χ4n) is 2.44. The Morgan fingerprint density at radius 3 is 2.71 bits per heavy atom. The van der Waals surface area contributed by atoms with Crippen LogP contribution in [0.25, 0.3) is 0 Å². The molecule has 0 unspecified atom stereocenters. The van der Waals surface area contributed by atoms with Crippen LogP contribution in [0.1, 0.15) is 32.8 Å². The second-order valence-corrected chi connectivity index (χ2v) is 6.38. The lowest BCUT2D eigenvalue weighted by atomic mass is 10.1. The first-order chi connectivity index (χ1) is 9.78. The van der Waals surface area contributed by atoms with Crippen LogP contribution in [0.3, 0.4) is 0 Å². The van der Waals surface area contributed by atoms with E-state index in [0.29, 0.717) is 6.42 Å². The van der Waals surface area contributed by atoms with Gasteiger partial charge in [0.2, 0.25) is 0 Å². The highest BCUT2D eigenvalue weighted by Crippen LogP contribution is 2.26. The molecule has 114 valence electrons. The fraction of sp³-hybridized carbons (Fsp3) is 0.500. The molecule has 0 saturated heterocycles. The Balaban J connectivity index is 2.26. The summed E-state index contributed by atoms with van der Waals surface area (Å²) in [5.74, 6) is -0.523. The zero-order valence-corrected chi connectivity index (χ0v) is 12.9.